The Balaban J connectivity index is 2.14. The van der Waals surface area contributed by atoms with E-state index in [-0.39, 0.29) is 18.9 Å². The minimum absolute atomic E-state index is 0.186. The molecule has 2 rings (SSSR count). The van der Waals surface area contributed by atoms with E-state index < -0.39 is 36.5 Å². The van der Waals surface area contributed by atoms with Gasteiger partial charge in [-0.2, -0.15) is 26.3 Å². The topological polar surface area (TPSA) is 58.1 Å². The summed E-state index contributed by atoms with van der Waals surface area (Å²) in [6.07, 6.45) is -7.70. The van der Waals surface area contributed by atoms with E-state index in [1.165, 1.54) is 4.90 Å². The minimum Gasteiger partial charge on any atom is -0.345 e. The Labute approximate surface area is 126 Å². The van der Waals surface area contributed by atoms with Crippen LogP contribution < -0.4 is 10.2 Å². The maximum absolute atomic E-state index is 12.6. The Bertz CT molecular complexity index is 573. The molecule has 1 aromatic rings. The van der Waals surface area contributed by atoms with Crippen molar-refractivity contribution in [1.29, 1.82) is 0 Å². The predicted octanol–water partition coefficient (Wildman–Crippen LogP) is 2.14. The molecule has 1 N–H and O–H groups in total. The van der Waals surface area contributed by atoms with Crippen molar-refractivity contribution in [3.63, 3.8) is 0 Å². The average Bonchev–Trinajstić information content (AvgIpc) is 2.92. The van der Waals surface area contributed by atoms with Gasteiger partial charge < -0.3 is 10.2 Å². The van der Waals surface area contributed by atoms with Gasteiger partial charge in [0.05, 0.1) is 0 Å². The Morgan fingerprint density at radius 1 is 1.30 bits per heavy atom. The first-order valence-electron chi connectivity index (χ1n) is 6.59. The molecule has 1 aliphatic heterocycles. The number of hydrogen-bond acceptors (Lipinski definition) is 4. The third-order valence-electron chi connectivity index (χ3n) is 3.21. The molecule has 1 amide bonds. The average molecular weight is 342 g/mol. The summed E-state index contributed by atoms with van der Waals surface area (Å²) in [6.45, 7) is -1.31. The van der Waals surface area contributed by atoms with Gasteiger partial charge in [0.25, 0.3) is 0 Å². The molecule has 0 spiro atoms. The van der Waals surface area contributed by atoms with E-state index in [4.69, 9.17) is 0 Å². The number of alkyl halides is 6. The second kappa shape index (κ2) is 6.20. The molecule has 0 aliphatic carbocycles. The minimum atomic E-state index is -4.68. The number of hydrogen-bond donors (Lipinski definition) is 1. The maximum atomic E-state index is 12.6. The summed E-state index contributed by atoms with van der Waals surface area (Å²) in [6, 6.07) is -0.348. The van der Waals surface area contributed by atoms with Gasteiger partial charge in [0, 0.05) is 12.7 Å². The highest BCUT2D eigenvalue weighted by Crippen LogP contribution is 2.30. The van der Waals surface area contributed by atoms with Gasteiger partial charge in [-0.3, -0.25) is 4.79 Å². The largest absolute Gasteiger partial charge is 0.433 e. The smallest absolute Gasteiger partial charge is 0.345 e. The second-order valence-electron chi connectivity index (χ2n) is 4.92. The van der Waals surface area contributed by atoms with Gasteiger partial charge in [-0.05, 0) is 18.9 Å². The summed E-state index contributed by atoms with van der Waals surface area (Å²) in [4.78, 5) is 20.1. The van der Waals surface area contributed by atoms with Crippen LogP contribution in [0.3, 0.4) is 0 Å². The SMILES string of the molecule is O=C(NCC(F)(F)F)[C@H]1CCCN1c1nccc(C(F)(F)F)n1. The molecule has 1 aromatic heterocycles. The van der Waals surface area contributed by atoms with E-state index in [0.717, 1.165) is 6.20 Å². The molecule has 0 unspecified atom stereocenters. The standard InChI is InChI=1S/C12H12F6N4O/c13-11(14,15)6-20-9(23)7-2-1-5-22(7)10-19-4-3-8(21-10)12(16,17)18/h3-4,7H,1-2,5-6H2,(H,20,23)/t7-/m1/s1. The van der Waals surface area contributed by atoms with E-state index in [9.17, 15) is 31.1 Å². The van der Waals surface area contributed by atoms with Crippen LogP contribution in [0, 0.1) is 0 Å². The van der Waals surface area contributed by atoms with Crippen LogP contribution >= 0.6 is 0 Å². The van der Waals surface area contributed by atoms with Gasteiger partial charge >= 0.3 is 12.4 Å². The van der Waals surface area contributed by atoms with E-state index >= 15 is 0 Å². The lowest BCUT2D eigenvalue weighted by atomic mass is 10.2. The highest BCUT2D eigenvalue weighted by atomic mass is 19.4. The summed E-state index contributed by atoms with van der Waals surface area (Å²) in [5, 5.41) is 1.73. The summed E-state index contributed by atoms with van der Waals surface area (Å²) in [5.74, 6) is -1.25. The molecule has 2 heterocycles. The van der Waals surface area contributed by atoms with Crippen molar-refractivity contribution in [3.8, 4) is 0 Å². The highest BCUT2D eigenvalue weighted by molar-refractivity contribution is 5.85. The number of amides is 1. The molecule has 0 radical (unpaired) electrons. The van der Waals surface area contributed by atoms with E-state index in [2.05, 4.69) is 9.97 Å². The molecule has 1 saturated heterocycles. The first-order valence-corrected chi connectivity index (χ1v) is 6.59. The monoisotopic (exact) mass is 342 g/mol. The number of carbonyl (C=O) groups excluding carboxylic acids is 1. The first-order chi connectivity index (χ1) is 10.6. The van der Waals surface area contributed by atoms with Crippen LogP contribution in [0.2, 0.25) is 0 Å². The van der Waals surface area contributed by atoms with Crippen LogP contribution in [0.4, 0.5) is 32.3 Å². The quantitative estimate of drug-likeness (QED) is 0.855. The van der Waals surface area contributed by atoms with Crippen LogP contribution in [-0.2, 0) is 11.0 Å². The van der Waals surface area contributed by atoms with Crippen molar-refractivity contribution in [2.45, 2.75) is 31.2 Å². The normalized spacial score (nSPS) is 19.0. The maximum Gasteiger partial charge on any atom is 0.433 e. The molecule has 1 fully saturated rings. The van der Waals surface area contributed by atoms with E-state index in [0.29, 0.717) is 12.5 Å². The van der Waals surface area contributed by atoms with E-state index in [1.54, 1.807) is 5.32 Å². The molecule has 23 heavy (non-hydrogen) atoms. The highest BCUT2D eigenvalue weighted by Gasteiger charge is 2.37. The zero-order valence-electron chi connectivity index (χ0n) is 11.6. The van der Waals surface area contributed by atoms with E-state index in [1.807, 2.05) is 0 Å². The summed E-state index contributed by atoms with van der Waals surface area (Å²) in [7, 11) is 0. The summed E-state index contributed by atoms with van der Waals surface area (Å²) in [5.41, 5.74) is -1.18. The van der Waals surface area contributed by atoms with Crippen LogP contribution in [0.5, 0.6) is 0 Å². The lowest BCUT2D eigenvalue weighted by Crippen LogP contribution is -2.46. The Hall–Kier alpha value is -2.07. The number of nitrogens with one attached hydrogen (secondary N) is 1. The molecule has 5 nitrogen and oxygen atoms in total. The van der Waals surface area contributed by atoms with Crippen molar-refractivity contribution >= 4 is 11.9 Å². The van der Waals surface area contributed by atoms with Crippen molar-refractivity contribution in [2.24, 2.45) is 0 Å². The fraction of sp³-hybridized carbons (Fsp3) is 0.583. The molecule has 1 atom stereocenters. The second-order valence-corrected chi connectivity index (χ2v) is 4.92. The van der Waals surface area contributed by atoms with Crippen molar-refractivity contribution in [3.05, 3.63) is 18.0 Å². The summed E-state index contributed by atoms with van der Waals surface area (Å²) >= 11 is 0. The van der Waals surface area contributed by atoms with Crippen molar-refractivity contribution in [1.82, 2.24) is 15.3 Å². The first kappa shape index (κ1) is 17.3. The van der Waals surface area contributed by atoms with Crippen LogP contribution in [-0.4, -0.2) is 41.2 Å². The van der Waals surface area contributed by atoms with Crippen LogP contribution in [0.1, 0.15) is 18.5 Å². The lowest BCUT2D eigenvalue weighted by molar-refractivity contribution is -0.141. The van der Waals surface area contributed by atoms with Gasteiger partial charge in [0.2, 0.25) is 11.9 Å². The predicted molar refractivity (Wildman–Crippen MR) is 66.5 cm³/mol. The van der Waals surface area contributed by atoms with Gasteiger partial charge in [-0.1, -0.05) is 0 Å². The third kappa shape index (κ3) is 4.45. The number of nitrogens with zero attached hydrogens (tertiary/aromatic N) is 3. The lowest BCUT2D eigenvalue weighted by Gasteiger charge is -2.24. The zero-order valence-corrected chi connectivity index (χ0v) is 11.6. The van der Waals surface area contributed by atoms with Gasteiger partial charge in [-0.15, -0.1) is 0 Å². The molecule has 0 saturated carbocycles. The third-order valence-corrected chi connectivity index (χ3v) is 3.21. The molecular formula is C12H12F6N4O. The molecule has 1 aliphatic rings. The molecular weight excluding hydrogens is 330 g/mol. The Morgan fingerprint density at radius 3 is 2.61 bits per heavy atom. The number of rotatable bonds is 3. The van der Waals surface area contributed by atoms with Crippen molar-refractivity contribution < 1.29 is 31.1 Å². The number of anilines is 1. The molecule has 0 aromatic carbocycles. The van der Waals surface area contributed by atoms with Crippen LogP contribution in [0.15, 0.2) is 12.3 Å². The molecule has 128 valence electrons. The zero-order chi connectivity index (χ0) is 17.3. The van der Waals surface area contributed by atoms with Gasteiger partial charge in [-0.25, -0.2) is 9.97 Å². The van der Waals surface area contributed by atoms with Crippen LogP contribution in [0.25, 0.3) is 0 Å². The molecule has 11 heteroatoms. The van der Waals surface area contributed by atoms with Crippen molar-refractivity contribution in [2.75, 3.05) is 18.0 Å². The fourth-order valence-electron chi connectivity index (χ4n) is 2.23. The Morgan fingerprint density at radius 2 is 2.00 bits per heavy atom. The Kier molecular flexibility index (Phi) is 4.66. The number of carbonyl (C=O) groups is 1. The summed E-state index contributed by atoms with van der Waals surface area (Å²) < 4.78 is 74.3. The molecule has 0 bridgehead atoms. The number of halogens is 6. The number of aromatic nitrogens is 2. The van der Waals surface area contributed by atoms with Gasteiger partial charge in [0.15, 0.2) is 0 Å². The van der Waals surface area contributed by atoms with Gasteiger partial charge in [0.1, 0.15) is 18.3 Å². The fourth-order valence-corrected chi connectivity index (χ4v) is 2.23.